The van der Waals surface area contributed by atoms with Crippen LogP contribution in [-0.4, -0.2) is 22.4 Å². The first-order chi connectivity index (χ1) is 11.9. The van der Waals surface area contributed by atoms with Gasteiger partial charge >= 0.3 is 0 Å². The molecule has 4 rings (SSSR count). The van der Waals surface area contributed by atoms with Crippen molar-refractivity contribution in [3.8, 4) is 0 Å². The van der Waals surface area contributed by atoms with Gasteiger partial charge in [-0.2, -0.15) is 10.2 Å². The van der Waals surface area contributed by atoms with Gasteiger partial charge in [-0.15, -0.1) is 0 Å². The van der Waals surface area contributed by atoms with Crippen LogP contribution in [0.2, 0.25) is 0 Å². The quantitative estimate of drug-likeness (QED) is 0.420. The van der Waals surface area contributed by atoms with E-state index in [1.165, 1.54) is 0 Å². The number of pyridine rings is 2. The first-order valence-corrected chi connectivity index (χ1v) is 7.66. The molecule has 0 atom stereocenters. The fourth-order valence-electron chi connectivity index (χ4n) is 2.49. The molecule has 0 aliphatic rings. The zero-order valence-corrected chi connectivity index (χ0v) is 12.9. The van der Waals surface area contributed by atoms with Crippen molar-refractivity contribution in [2.45, 2.75) is 0 Å². The van der Waals surface area contributed by atoms with Crippen molar-refractivity contribution in [2.24, 2.45) is 10.2 Å². The maximum Gasteiger partial charge on any atom is 0.0838 e. The highest BCUT2D eigenvalue weighted by Crippen LogP contribution is 2.11. The highest BCUT2D eigenvalue weighted by atomic mass is 15.2. The Balaban J connectivity index is 1.53. The fraction of sp³-hybridized carbons (Fsp3) is 0. The predicted molar refractivity (Wildman–Crippen MR) is 98.7 cm³/mol. The van der Waals surface area contributed by atoms with Crippen molar-refractivity contribution in [3.05, 3.63) is 84.2 Å². The van der Waals surface area contributed by atoms with E-state index >= 15 is 0 Å². The van der Waals surface area contributed by atoms with E-state index < -0.39 is 0 Å². The molecule has 4 heteroatoms. The van der Waals surface area contributed by atoms with Gasteiger partial charge < -0.3 is 0 Å². The molecule has 0 unspecified atom stereocenters. The van der Waals surface area contributed by atoms with Gasteiger partial charge in [0.15, 0.2) is 0 Å². The van der Waals surface area contributed by atoms with E-state index in [0.717, 1.165) is 33.2 Å². The predicted octanol–water partition coefficient (Wildman–Crippen LogP) is 4.24. The third-order valence-corrected chi connectivity index (χ3v) is 3.69. The second kappa shape index (κ2) is 6.38. The van der Waals surface area contributed by atoms with Crippen LogP contribution < -0.4 is 0 Å². The van der Waals surface area contributed by atoms with Gasteiger partial charge in [-0.05, 0) is 24.3 Å². The Kier molecular flexibility index (Phi) is 3.78. The fourth-order valence-corrected chi connectivity index (χ4v) is 2.49. The maximum atomic E-state index is 4.52. The number of hydrogen-bond donors (Lipinski definition) is 0. The average Bonchev–Trinajstić information content (AvgIpc) is 2.65. The van der Waals surface area contributed by atoms with Gasteiger partial charge in [0, 0.05) is 10.8 Å². The Morgan fingerprint density at radius 2 is 1.00 bits per heavy atom. The summed E-state index contributed by atoms with van der Waals surface area (Å²) < 4.78 is 0. The van der Waals surface area contributed by atoms with Gasteiger partial charge in [-0.1, -0.05) is 48.5 Å². The SMILES string of the molecule is C(=N/N=C/c1ccc2ccccc2n1)c1ccc2ccccc2n1. The van der Waals surface area contributed by atoms with Gasteiger partial charge in [-0.3, -0.25) is 0 Å². The number of nitrogens with zero attached hydrogens (tertiary/aromatic N) is 4. The minimum atomic E-state index is 0.775. The minimum absolute atomic E-state index is 0.775. The van der Waals surface area contributed by atoms with E-state index in [2.05, 4.69) is 20.2 Å². The summed E-state index contributed by atoms with van der Waals surface area (Å²) in [6, 6.07) is 23.9. The van der Waals surface area contributed by atoms with Crippen LogP contribution in [0.4, 0.5) is 0 Å². The molecule has 0 saturated heterocycles. The van der Waals surface area contributed by atoms with Crippen LogP contribution >= 0.6 is 0 Å². The van der Waals surface area contributed by atoms with E-state index in [4.69, 9.17) is 0 Å². The zero-order chi connectivity index (χ0) is 16.2. The van der Waals surface area contributed by atoms with Crippen molar-refractivity contribution in [1.29, 1.82) is 0 Å². The lowest BCUT2D eigenvalue weighted by atomic mass is 10.2. The molecule has 2 aromatic heterocycles. The van der Waals surface area contributed by atoms with Crippen LogP contribution in [0.15, 0.2) is 83.0 Å². The summed E-state index contributed by atoms with van der Waals surface area (Å²) in [4.78, 5) is 9.04. The number of aromatic nitrogens is 2. The van der Waals surface area contributed by atoms with Crippen molar-refractivity contribution in [2.75, 3.05) is 0 Å². The van der Waals surface area contributed by atoms with Crippen molar-refractivity contribution in [3.63, 3.8) is 0 Å². The summed E-state index contributed by atoms with van der Waals surface area (Å²) in [5.74, 6) is 0. The lowest BCUT2D eigenvalue weighted by Crippen LogP contribution is -1.89. The first-order valence-electron chi connectivity index (χ1n) is 7.66. The Morgan fingerprint density at radius 1 is 0.542 bits per heavy atom. The number of fused-ring (bicyclic) bond motifs is 2. The molecule has 0 amide bonds. The number of hydrogen-bond acceptors (Lipinski definition) is 4. The smallest absolute Gasteiger partial charge is 0.0838 e. The largest absolute Gasteiger partial charge is 0.247 e. The second-order valence-electron chi connectivity index (χ2n) is 5.35. The first kappa shape index (κ1) is 14.2. The lowest BCUT2D eigenvalue weighted by Gasteiger charge is -1.97. The molecular formula is C20H14N4. The van der Waals surface area contributed by atoms with Crippen LogP contribution in [0.3, 0.4) is 0 Å². The topological polar surface area (TPSA) is 50.5 Å². The van der Waals surface area contributed by atoms with Gasteiger partial charge in [-0.25, -0.2) is 9.97 Å². The van der Waals surface area contributed by atoms with Gasteiger partial charge in [0.05, 0.1) is 34.9 Å². The molecule has 4 aromatic rings. The molecule has 0 fully saturated rings. The molecule has 0 saturated carbocycles. The molecule has 4 nitrogen and oxygen atoms in total. The molecule has 0 aliphatic heterocycles. The van der Waals surface area contributed by atoms with Crippen molar-refractivity contribution < 1.29 is 0 Å². The molecule has 2 heterocycles. The van der Waals surface area contributed by atoms with E-state index in [-0.39, 0.29) is 0 Å². The highest BCUT2D eigenvalue weighted by Gasteiger charge is 1.96. The number of rotatable bonds is 3. The molecule has 114 valence electrons. The molecule has 2 aromatic carbocycles. The normalized spacial score (nSPS) is 11.8. The molecule has 0 aliphatic carbocycles. The van der Waals surface area contributed by atoms with E-state index in [9.17, 15) is 0 Å². The second-order valence-corrected chi connectivity index (χ2v) is 5.35. The standard InChI is InChI=1S/C20H14N4/c1-3-7-19-15(5-1)9-11-17(23-19)13-21-22-14-18-12-10-16-6-2-4-8-20(16)24-18/h1-14H/b21-13+,22-14?. The van der Waals surface area contributed by atoms with Gasteiger partial charge in [0.25, 0.3) is 0 Å². The van der Waals surface area contributed by atoms with Crippen LogP contribution in [0.25, 0.3) is 21.8 Å². The summed E-state index contributed by atoms with van der Waals surface area (Å²) in [5, 5.41) is 10.4. The Morgan fingerprint density at radius 3 is 1.50 bits per heavy atom. The van der Waals surface area contributed by atoms with Crippen molar-refractivity contribution >= 4 is 34.2 Å². The molecule has 0 N–H and O–H groups in total. The molecule has 0 radical (unpaired) electrons. The summed E-state index contributed by atoms with van der Waals surface area (Å²) in [5.41, 5.74) is 3.44. The van der Waals surface area contributed by atoms with Crippen LogP contribution in [0.1, 0.15) is 11.4 Å². The molecule has 24 heavy (non-hydrogen) atoms. The zero-order valence-electron chi connectivity index (χ0n) is 12.9. The molecule has 0 bridgehead atoms. The highest BCUT2D eigenvalue weighted by molar-refractivity contribution is 5.87. The Bertz CT molecular complexity index is 980. The average molecular weight is 310 g/mol. The summed E-state index contributed by atoms with van der Waals surface area (Å²) in [7, 11) is 0. The van der Waals surface area contributed by atoms with Crippen LogP contribution in [-0.2, 0) is 0 Å². The summed E-state index contributed by atoms with van der Waals surface area (Å²) in [6.07, 6.45) is 3.29. The summed E-state index contributed by atoms with van der Waals surface area (Å²) in [6.45, 7) is 0. The Labute approximate surface area is 139 Å². The maximum absolute atomic E-state index is 4.52. The third kappa shape index (κ3) is 3.03. The third-order valence-electron chi connectivity index (χ3n) is 3.69. The van der Waals surface area contributed by atoms with E-state index in [0.29, 0.717) is 0 Å². The van der Waals surface area contributed by atoms with Gasteiger partial charge in [0.1, 0.15) is 0 Å². The lowest BCUT2D eigenvalue weighted by molar-refractivity contribution is 1.24. The van der Waals surface area contributed by atoms with Crippen LogP contribution in [0, 0.1) is 0 Å². The van der Waals surface area contributed by atoms with E-state index in [1.807, 2.05) is 72.8 Å². The van der Waals surface area contributed by atoms with Crippen LogP contribution in [0.5, 0.6) is 0 Å². The minimum Gasteiger partial charge on any atom is -0.247 e. The molecular weight excluding hydrogens is 296 g/mol. The van der Waals surface area contributed by atoms with Crippen molar-refractivity contribution in [1.82, 2.24) is 9.97 Å². The molecule has 0 spiro atoms. The van der Waals surface area contributed by atoms with E-state index in [1.54, 1.807) is 12.4 Å². The van der Waals surface area contributed by atoms with Gasteiger partial charge in [0.2, 0.25) is 0 Å². The number of benzene rings is 2. The Hall–Kier alpha value is -3.40. The number of para-hydroxylation sites is 2. The summed E-state index contributed by atoms with van der Waals surface area (Å²) >= 11 is 0. The monoisotopic (exact) mass is 310 g/mol.